The van der Waals surface area contributed by atoms with Crippen molar-refractivity contribution < 1.29 is 13.9 Å². The second kappa shape index (κ2) is 7.28. The fourth-order valence-electron chi connectivity index (χ4n) is 4.21. The molecule has 1 fully saturated rings. The van der Waals surface area contributed by atoms with E-state index < -0.39 is 0 Å². The van der Waals surface area contributed by atoms with E-state index >= 15 is 0 Å². The third-order valence-corrected chi connectivity index (χ3v) is 5.82. The van der Waals surface area contributed by atoms with E-state index in [2.05, 4.69) is 15.6 Å². The van der Waals surface area contributed by atoms with E-state index in [0.717, 1.165) is 43.4 Å². The van der Waals surface area contributed by atoms with Crippen molar-refractivity contribution in [3.8, 4) is 5.75 Å². The van der Waals surface area contributed by atoms with Crippen molar-refractivity contribution in [2.45, 2.75) is 19.4 Å². The van der Waals surface area contributed by atoms with Crippen molar-refractivity contribution in [3.05, 3.63) is 60.6 Å². The van der Waals surface area contributed by atoms with Gasteiger partial charge in [0, 0.05) is 25.0 Å². The fourth-order valence-corrected chi connectivity index (χ4v) is 4.21. The molecule has 4 aromatic rings. The van der Waals surface area contributed by atoms with Gasteiger partial charge in [-0.1, -0.05) is 24.3 Å². The molecule has 6 nitrogen and oxygen atoms in total. The summed E-state index contributed by atoms with van der Waals surface area (Å²) in [6.45, 7) is 2.42. The van der Waals surface area contributed by atoms with Gasteiger partial charge in [-0.2, -0.15) is 0 Å². The number of amides is 1. The maximum absolute atomic E-state index is 12.9. The van der Waals surface area contributed by atoms with Crippen molar-refractivity contribution in [3.63, 3.8) is 0 Å². The third-order valence-electron chi connectivity index (χ3n) is 5.82. The van der Waals surface area contributed by atoms with E-state index in [4.69, 9.17) is 9.15 Å². The first kappa shape index (κ1) is 17.8. The summed E-state index contributed by atoms with van der Waals surface area (Å²) in [6.07, 6.45) is 3.87. The molecule has 6 heteroatoms. The molecule has 0 radical (unpaired) electrons. The Labute approximate surface area is 168 Å². The topological polar surface area (TPSA) is 60.5 Å². The smallest absolute Gasteiger partial charge is 0.289 e. The fraction of sp³-hybridized carbons (Fsp3) is 0.304. The molecule has 1 saturated heterocycles. The lowest BCUT2D eigenvalue weighted by atomic mass is 9.96. The summed E-state index contributed by atoms with van der Waals surface area (Å²) in [5.74, 6) is 1.51. The monoisotopic (exact) mass is 389 g/mol. The van der Waals surface area contributed by atoms with Crippen molar-refractivity contribution in [2.75, 3.05) is 20.2 Å². The molecule has 3 heterocycles. The van der Waals surface area contributed by atoms with Gasteiger partial charge in [-0.3, -0.25) is 4.79 Å². The summed E-state index contributed by atoms with van der Waals surface area (Å²) in [6, 6.07) is 15.7. The van der Waals surface area contributed by atoms with Crippen LogP contribution in [0.4, 0.5) is 0 Å². The summed E-state index contributed by atoms with van der Waals surface area (Å²) >= 11 is 0. The maximum Gasteiger partial charge on any atom is 0.289 e. The Morgan fingerprint density at radius 1 is 1.17 bits per heavy atom. The van der Waals surface area contributed by atoms with E-state index in [1.807, 2.05) is 53.7 Å². The number of piperidine rings is 1. The van der Waals surface area contributed by atoms with Crippen LogP contribution in [0.25, 0.3) is 22.0 Å². The van der Waals surface area contributed by atoms with Crippen LogP contribution in [0.2, 0.25) is 0 Å². The van der Waals surface area contributed by atoms with Gasteiger partial charge in [0.15, 0.2) is 17.1 Å². The van der Waals surface area contributed by atoms with Gasteiger partial charge in [-0.15, -0.1) is 0 Å². The lowest BCUT2D eigenvalue weighted by Gasteiger charge is -2.31. The van der Waals surface area contributed by atoms with Gasteiger partial charge >= 0.3 is 0 Å². The van der Waals surface area contributed by atoms with Gasteiger partial charge in [-0.05, 0) is 43.0 Å². The lowest BCUT2D eigenvalue weighted by molar-refractivity contribution is 0.0653. The Morgan fingerprint density at radius 2 is 2.00 bits per heavy atom. The molecule has 0 N–H and O–H groups in total. The summed E-state index contributed by atoms with van der Waals surface area (Å²) in [7, 11) is 1.60. The van der Waals surface area contributed by atoms with Gasteiger partial charge < -0.3 is 18.6 Å². The average molecular weight is 389 g/mol. The zero-order valence-corrected chi connectivity index (χ0v) is 16.4. The Hall–Kier alpha value is -3.28. The minimum absolute atomic E-state index is 0.0465. The number of benzene rings is 2. The number of carbonyl (C=O) groups is 1. The van der Waals surface area contributed by atoms with Gasteiger partial charge in [0.1, 0.15) is 0 Å². The number of hydrogen-bond acceptors (Lipinski definition) is 4. The summed E-state index contributed by atoms with van der Waals surface area (Å²) in [4.78, 5) is 19.3. The van der Waals surface area contributed by atoms with Crippen LogP contribution in [0.1, 0.15) is 23.4 Å². The molecule has 29 heavy (non-hydrogen) atoms. The van der Waals surface area contributed by atoms with E-state index in [1.54, 1.807) is 7.11 Å². The minimum Gasteiger partial charge on any atom is -0.493 e. The molecule has 0 spiro atoms. The molecule has 0 atom stereocenters. The van der Waals surface area contributed by atoms with Crippen molar-refractivity contribution in [1.29, 1.82) is 0 Å². The highest BCUT2D eigenvalue weighted by atomic mass is 16.5. The summed E-state index contributed by atoms with van der Waals surface area (Å²) in [5, 5.41) is 0.884. The number of rotatable bonds is 4. The summed E-state index contributed by atoms with van der Waals surface area (Å²) in [5.41, 5.74) is 2.82. The second-order valence-electron chi connectivity index (χ2n) is 7.61. The highest BCUT2D eigenvalue weighted by Gasteiger charge is 2.26. The number of carbonyl (C=O) groups excluding carboxylic acids is 1. The number of hydrogen-bond donors (Lipinski definition) is 0. The van der Waals surface area contributed by atoms with Crippen molar-refractivity contribution in [2.24, 2.45) is 5.92 Å². The van der Waals surface area contributed by atoms with Crippen LogP contribution in [-0.2, 0) is 6.54 Å². The lowest BCUT2D eigenvalue weighted by Crippen LogP contribution is -2.39. The van der Waals surface area contributed by atoms with Gasteiger partial charge in [0.2, 0.25) is 0 Å². The molecule has 5 rings (SSSR count). The number of nitrogens with zero attached hydrogens (tertiary/aromatic N) is 3. The van der Waals surface area contributed by atoms with Gasteiger partial charge in [-0.25, -0.2) is 4.98 Å². The highest BCUT2D eigenvalue weighted by Crippen LogP contribution is 2.30. The molecule has 0 unspecified atom stereocenters. The van der Waals surface area contributed by atoms with E-state index in [9.17, 15) is 4.79 Å². The number of aromatic nitrogens is 2. The Balaban J connectivity index is 1.26. The van der Waals surface area contributed by atoms with Crippen LogP contribution in [0, 0.1) is 5.92 Å². The van der Waals surface area contributed by atoms with E-state index in [1.165, 1.54) is 5.52 Å². The van der Waals surface area contributed by atoms with Crippen molar-refractivity contribution in [1.82, 2.24) is 14.5 Å². The van der Waals surface area contributed by atoms with Crippen LogP contribution in [0.5, 0.6) is 5.75 Å². The molecule has 148 valence electrons. The predicted octanol–water partition coefficient (Wildman–Crippen LogP) is 4.34. The zero-order chi connectivity index (χ0) is 19.8. The molecule has 2 aromatic carbocycles. The number of imidazole rings is 1. The normalized spacial score (nSPS) is 15.3. The first-order valence-corrected chi connectivity index (χ1v) is 9.98. The zero-order valence-electron chi connectivity index (χ0n) is 16.4. The van der Waals surface area contributed by atoms with E-state index in [-0.39, 0.29) is 5.91 Å². The first-order valence-electron chi connectivity index (χ1n) is 9.98. The quantitative estimate of drug-likeness (QED) is 0.521. The Morgan fingerprint density at radius 3 is 2.83 bits per heavy atom. The number of furan rings is 1. The number of likely N-dealkylation sites (tertiary alicyclic amines) is 1. The number of para-hydroxylation sites is 3. The van der Waals surface area contributed by atoms with Crippen LogP contribution in [-0.4, -0.2) is 40.6 Å². The van der Waals surface area contributed by atoms with Crippen molar-refractivity contribution >= 4 is 27.9 Å². The first-order chi connectivity index (χ1) is 14.2. The predicted molar refractivity (Wildman–Crippen MR) is 111 cm³/mol. The van der Waals surface area contributed by atoms with E-state index in [0.29, 0.717) is 23.0 Å². The Bertz CT molecular complexity index is 1170. The van der Waals surface area contributed by atoms with Crippen LogP contribution in [0.3, 0.4) is 0 Å². The number of ether oxygens (including phenoxy) is 1. The van der Waals surface area contributed by atoms with Crippen LogP contribution in [0.15, 0.2) is 59.3 Å². The molecule has 1 aliphatic rings. The third kappa shape index (κ3) is 3.24. The highest BCUT2D eigenvalue weighted by molar-refractivity contribution is 5.97. The molecule has 1 amide bonds. The SMILES string of the molecule is COc1cccc2cc(C(=O)N3CCC(Cn4cnc5ccccc54)CC3)oc12. The maximum atomic E-state index is 12.9. The van der Waals surface area contributed by atoms with Crippen LogP contribution >= 0.6 is 0 Å². The molecular weight excluding hydrogens is 366 g/mol. The number of fused-ring (bicyclic) bond motifs is 2. The van der Waals surface area contributed by atoms with Gasteiger partial charge in [0.05, 0.1) is 24.5 Å². The molecular formula is C23H23N3O3. The Kier molecular flexibility index (Phi) is 4.46. The molecule has 1 aliphatic heterocycles. The van der Waals surface area contributed by atoms with Crippen LogP contribution < -0.4 is 4.74 Å². The second-order valence-corrected chi connectivity index (χ2v) is 7.61. The largest absolute Gasteiger partial charge is 0.493 e. The number of methoxy groups -OCH3 is 1. The molecule has 2 aromatic heterocycles. The molecule has 0 bridgehead atoms. The molecule has 0 aliphatic carbocycles. The average Bonchev–Trinajstić information content (AvgIpc) is 3.38. The molecule has 0 saturated carbocycles. The minimum atomic E-state index is -0.0465. The summed E-state index contributed by atoms with van der Waals surface area (Å²) < 4.78 is 13.4. The standard InChI is InChI=1S/C23H23N3O3/c1-28-20-8-4-5-17-13-21(29-22(17)20)23(27)25-11-9-16(10-12-25)14-26-15-24-18-6-2-3-7-19(18)26/h2-8,13,15-16H,9-12,14H2,1H3. The van der Waals surface area contributed by atoms with Gasteiger partial charge in [0.25, 0.3) is 5.91 Å².